The Balaban J connectivity index is 2.21. The average Bonchev–Trinajstić information content (AvgIpc) is 2.76. The molecule has 0 aliphatic carbocycles. The molecule has 0 unspecified atom stereocenters. The van der Waals surface area contributed by atoms with Crippen LogP contribution in [-0.2, 0) is 9.47 Å². The third kappa shape index (κ3) is 3.64. The fraction of sp³-hybridized carbons (Fsp3) is 0.583. The van der Waals surface area contributed by atoms with E-state index in [-0.39, 0.29) is 6.61 Å². The number of hydrogen-bond donors (Lipinski definition) is 4. The molecule has 1 saturated heterocycles. The largest absolute Gasteiger partial charge is 0.447 e. The van der Waals surface area contributed by atoms with Gasteiger partial charge in [-0.2, -0.15) is 4.98 Å². The summed E-state index contributed by atoms with van der Waals surface area (Å²) in [6.45, 7) is 0.764. The van der Waals surface area contributed by atoms with Gasteiger partial charge in [0.25, 0.3) is 0 Å². The lowest BCUT2D eigenvalue weighted by atomic mass is 10.1. The first-order chi connectivity index (χ1) is 10.8. The predicted octanol–water partition coefficient (Wildman–Crippen LogP) is -1.44. The summed E-state index contributed by atoms with van der Waals surface area (Å²) in [5.74, 6) is -1.74. The molecule has 2 heterocycles. The second-order valence-corrected chi connectivity index (χ2v) is 4.82. The Morgan fingerprint density at radius 1 is 1.52 bits per heavy atom. The number of aromatic nitrogens is 2. The molecule has 1 amide bonds. The number of halogens is 1. The van der Waals surface area contributed by atoms with Crippen LogP contribution in [0.1, 0.15) is 13.2 Å². The third-order valence-electron chi connectivity index (χ3n) is 3.20. The van der Waals surface area contributed by atoms with Crippen molar-refractivity contribution in [3.8, 4) is 0 Å². The Labute approximate surface area is 129 Å². The van der Waals surface area contributed by atoms with Crippen molar-refractivity contribution in [2.75, 3.05) is 18.5 Å². The molecule has 0 radical (unpaired) electrons. The van der Waals surface area contributed by atoms with Crippen LogP contribution in [-0.4, -0.2) is 62.5 Å². The zero-order chi connectivity index (χ0) is 17.1. The van der Waals surface area contributed by atoms with E-state index in [1.54, 1.807) is 0 Å². The zero-order valence-corrected chi connectivity index (χ0v) is 12.0. The van der Waals surface area contributed by atoms with Crippen LogP contribution in [0.3, 0.4) is 0 Å². The molecule has 0 bridgehead atoms. The molecular formula is C12H16FN3O7. The number of rotatable bonds is 4. The number of amides is 1. The van der Waals surface area contributed by atoms with E-state index >= 15 is 0 Å². The van der Waals surface area contributed by atoms with Crippen LogP contribution in [0.25, 0.3) is 0 Å². The standard InChI is InChI=1S/C12H16FN3O7/c1-5-7(18)8(19)10(23-5)16-4-6(13)9(14-11(16)20)15-12(21)22-3-2-17/h4-5,7-8,10,17-19H,2-3H2,1H3,(H,14,15,20,21)/t5-,7-,8-,10-/m1/s1. The number of carbonyl (C=O) groups excluding carboxylic acids is 1. The van der Waals surface area contributed by atoms with Gasteiger partial charge < -0.3 is 24.8 Å². The first kappa shape index (κ1) is 17.3. The molecule has 2 rings (SSSR count). The molecule has 0 aromatic carbocycles. The topological polar surface area (TPSA) is 143 Å². The van der Waals surface area contributed by atoms with E-state index in [1.807, 2.05) is 5.32 Å². The summed E-state index contributed by atoms with van der Waals surface area (Å²) in [5, 5.41) is 29.8. The number of nitrogens with zero attached hydrogens (tertiary/aromatic N) is 2. The van der Waals surface area contributed by atoms with Gasteiger partial charge in [0.05, 0.1) is 18.9 Å². The highest BCUT2D eigenvalue weighted by molar-refractivity contribution is 5.83. The van der Waals surface area contributed by atoms with Gasteiger partial charge in [-0.1, -0.05) is 0 Å². The van der Waals surface area contributed by atoms with Crippen molar-refractivity contribution in [1.29, 1.82) is 0 Å². The maximum absolute atomic E-state index is 13.9. The molecular weight excluding hydrogens is 317 g/mol. The molecule has 1 aromatic rings. The van der Waals surface area contributed by atoms with Gasteiger partial charge in [-0.15, -0.1) is 0 Å². The number of ether oxygens (including phenoxy) is 2. The molecule has 4 N–H and O–H groups in total. The molecule has 0 saturated carbocycles. The van der Waals surface area contributed by atoms with Crippen LogP contribution in [0.15, 0.2) is 11.0 Å². The minimum atomic E-state index is -1.43. The maximum atomic E-state index is 13.9. The van der Waals surface area contributed by atoms with E-state index in [9.17, 15) is 24.2 Å². The molecule has 23 heavy (non-hydrogen) atoms. The first-order valence-electron chi connectivity index (χ1n) is 6.70. The first-order valence-corrected chi connectivity index (χ1v) is 6.70. The molecule has 1 fully saturated rings. The van der Waals surface area contributed by atoms with Crippen LogP contribution in [0.2, 0.25) is 0 Å². The SMILES string of the molecule is C[C@H]1O[C@@H](n2cc(F)c(NC(=O)OCCO)nc2=O)[C@H](O)[C@@H]1O. The summed E-state index contributed by atoms with van der Waals surface area (Å²) in [6, 6.07) is 0. The minimum Gasteiger partial charge on any atom is -0.447 e. The molecule has 128 valence electrons. The number of hydrogen-bond acceptors (Lipinski definition) is 8. The summed E-state index contributed by atoms with van der Waals surface area (Å²) in [7, 11) is 0. The van der Waals surface area contributed by atoms with Crippen LogP contribution in [0.4, 0.5) is 15.0 Å². The number of nitrogens with one attached hydrogen (secondary N) is 1. The van der Waals surface area contributed by atoms with Crippen molar-refractivity contribution >= 4 is 11.9 Å². The van der Waals surface area contributed by atoms with Gasteiger partial charge in [0, 0.05) is 0 Å². The van der Waals surface area contributed by atoms with Crippen molar-refractivity contribution in [2.24, 2.45) is 0 Å². The average molecular weight is 333 g/mol. The van der Waals surface area contributed by atoms with Gasteiger partial charge in [0.1, 0.15) is 18.8 Å². The Hall–Kier alpha value is -2.08. The van der Waals surface area contributed by atoms with Crippen molar-refractivity contribution in [1.82, 2.24) is 9.55 Å². The normalized spacial score (nSPS) is 27.0. The lowest BCUT2D eigenvalue weighted by Crippen LogP contribution is -2.36. The van der Waals surface area contributed by atoms with Crippen LogP contribution in [0, 0.1) is 5.82 Å². The fourth-order valence-electron chi connectivity index (χ4n) is 2.04. The number of anilines is 1. The zero-order valence-electron chi connectivity index (χ0n) is 12.0. The van der Waals surface area contributed by atoms with Gasteiger partial charge in [0.2, 0.25) is 0 Å². The Bertz CT molecular complexity index is 638. The number of aliphatic hydroxyl groups is 3. The smallest absolute Gasteiger partial charge is 0.412 e. The fourth-order valence-corrected chi connectivity index (χ4v) is 2.04. The molecule has 11 heteroatoms. The molecule has 1 aromatic heterocycles. The highest BCUT2D eigenvalue weighted by atomic mass is 19.1. The van der Waals surface area contributed by atoms with Crippen LogP contribution in [0.5, 0.6) is 0 Å². The second kappa shape index (κ2) is 7.00. The predicted molar refractivity (Wildman–Crippen MR) is 72.1 cm³/mol. The molecule has 0 spiro atoms. The van der Waals surface area contributed by atoms with Crippen molar-refractivity contribution < 1.29 is 34.0 Å². The molecule has 4 atom stereocenters. The van der Waals surface area contributed by atoms with Crippen LogP contribution >= 0.6 is 0 Å². The monoisotopic (exact) mass is 333 g/mol. The number of aliphatic hydroxyl groups excluding tert-OH is 3. The van der Waals surface area contributed by atoms with E-state index < -0.39 is 54.6 Å². The summed E-state index contributed by atoms with van der Waals surface area (Å²) in [4.78, 5) is 26.5. The lowest BCUT2D eigenvalue weighted by molar-refractivity contribution is -0.0355. The quantitative estimate of drug-likeness (QED) is 0.525. The highest BCUT2D eigenvalue weighted by Crippen LogP contribution is 2.28. The van der Waals surface area contributed by atoms with Crippen molar-refractivity contribution in [2.45, 2.75) is 31.5 Å². The van der Waals surface area contributed by atoms with Gasteiger partial charge in [-0.3, -0.25) is 9.88 Å². The Morgan fingerprint density at radius 3 is 2.78 bits per heavy atom. The van der Waals surface area contributed by atoms with Crippen molar-refractivity contribution in [3.05, 3.63) is 22.5 Å². The van der Waals surface area contributed by atoms with E-state index in [2.05, 4.69) is 9.72 Å². The minimum absolute atomic E-state index is 0.303. The molecule has 1 aliphatic heterocycles. The van der Waals surface area contributed by atoms with Gasteiger partial charge in [0.15, 0.2) is 17.9 Å². The van der Waals surface area contributed by atoms with E-state index in [1.165, 1.54) is 6.92 Å². The summed E-state index contributed by atoms with van der Waals surface area (Å²) in [5.41, 5.74) is -1.01. The lowest BCUT2D eigenvalue weighted by Gasteiger charge is -2.17. The second-order valence-electron chi connectivity index (χ2n) is 4.82. The summed E-state index contributed by atoms with van der Waals surface area (Å²) < 4.78 is 24.3. The molecule has 1 aliphatic rings. The van der Waals surface area contributed by atoms with E-state index in [0.717, 1.165) is 0 Å². The van der Waals surface area contributed by atoms with Crippen LogP contribution < -0.4 is 11.0 Å². The third-order valence-corrected chi connectivity index (χ3v) is 3.20. The van der Waals surface area contributed by atoms with Gasteiger partial charge in [-0.25, -0.2) is 14.0 Å². The van der Waals surface area contributed by atoms with Gasteiger partial charge >= 0.3 is 11.8 Å². The summed E-state index contributed by atoms with van der Waals surface area (Å²) >= 11 is 0. The van der Waals surface area contributed by atoms with Gasteiger partial charge in [-0.05, 0) is 6.92 Å². The summed E-state index contributed by atoms with van der Waals surface area (Å²) in [6.07, 6.45) is -5.13. The molecule has 10 nitrogen and oxygen atoms in total. The Kier molecular flexibility index (Phi) is 5.26. The van der Waals surface area contributed by atoms with E-state index in [4.69, 9.17) is 9.84 Å². The highest BCUT2D eigenvalue weighted by Gasteiger charge is 2.42. The maximum Gasteiger partial charge on any atom is 0.412 e. The Morgan fingerprint density at radius 2 is 2.22 bits per heavy atom. The number of carbonyl (C=O) groups is 1. The van der Waals surface area contributed by atoms with E-state index in [0.29, 0.717) is 10.8 Å². The van der Waals surface area contributed by atoms with Crippen molar-refractivity contribution in [3.63, 3.8) is 0 Å².